The third-order valence-corrected chi connectivity index (χ3v) is 6.23. The van der Waals surface area contributed by atoms with Crippen molar-refractivity contribution in [2.75, 3.05) is 25.1 Å². The van der Waals surface area contributed by atoms with Gasteiger partial charge in [0, 0.05) is 0 Å². The summed E-state index contributed by atoms with van der Waals surface area (Å²) < 4.78 is 12.0. The predicted molar refractivity (Wildman–Crippen MR) is 81.0 cm³/mol. The Hall–Kier alpha value is -1.22. The summed E-state index contributed by atoms with van der Waals surface area (Å²) in [6, 6.07) is 6.34. The number of fused-ring (bicyclic) bond motifs is 1. The number of nitrogens with two attached hydrogens (primary N) is 1. The summed E-state index contributed by atoms with van der Waals surface area (Å²) >= 11 is -1.01. The number of hydrogen-bond acceptors (Lipinski definition) is 3. The van der Waals surface area contributed by atoms with E-state index in [2.05, 4.69) is 53.1 Å². The van der Waals surface area contributed by atoms with Gasteiger partial charge in [-0.1, -0.05) is 0 Å². The number of hydrogen-bond donors (Lipinski definition) is 1. The summed E-state index contributed by atoms with van der Waals surface area (Å²) in [4.78, 5) is 6.83. The molecule has 2 aromatic rings. The van der Waals surface area contributed by atoms with Crippen LogP contribution in [0.2, 0.25) is 0 Å². The topological polar surface area (TPSA) is 46.9 Å². The molecule has 0 saturated carbocycles. The molecule has 3 rings (SSSR count). The van der Waals surface area contributed by atoms with Crippen molar-refractivity contribution in [2.45, 2.75) is 6.54 Å². The molecule has 0 radical (unpaired) electrons. The van der Waals surface area contributed by atoms with E-state index in [1.54, 1.807) is 0 Å². The molecule has 5 nitrogen and oxygen atoms in total. The van der Waals surface area contributed by atoms with Gasteiger partial charge in [0.2, 0.25) is 0 Å². The molecule has 0 fully saturated rings. The van der Waals surface area contributed by atoms with Gasteiger partial charge in [0.15, 0.2) is 0 Å². The van der Waals surface area contributed by atoms with Crippen LogP contribution in [0.3, 0.4) is 0 Å². The van der Waals surface area contributed by atoms with Gasteiger partial charge in [0.05, 0.1) is 0 Å². The molecule has 1 aliphatic rings. The molecule has 0 spiro atoms. The number of nitrogens with zero attached hydrogens (tertiary/aromatic N) is 3. The van der Waals surface area contributed by atoms with E-state index in [0.29, 0.717) is 0 Å². The third kappa shape index (κ3) is 2.78. The molecule has 0 aliphatic carbocycles. The SMILES string of the molecule is [CH2]=[Tl][n]1cnc(CN2CCOc3ccc([NH2+]C)cc32)c1. The monoisotopic (exact) mass is 463 g/mol. The number of rotatable bonds is 4. The van der Waals surface area contributed by atoms with Crippen molar-refractivity contribution >= 4 is 39.5 Å². The molecule has 2 N–H and O–H groups in total. The van der Waals surface area contributed by atoms with Crippen molar-refractivity contribution in [3.63, 3.8) is 0 Å². The van der Waals surface area contributed by atoms with Gasteiger partial charge in [-0.2, -0.15) is 0 Å². The molecule has 2 heterocycles. The standard InChI is InChI=1S/C13H15N4O.CH2.Tl/c1-14-10-2-3-13-12(6-10)17(4-5-18-13)8-11-7-15-9-16-11;;/h2-3,6-7,9,14H,4-5,8H2,1H3;1H2;/q-1;;+1/p+1. The Kier molecular flexibility index (Phi) is 4.16. The average Bonchev–Trinajstić information content (AvgIpc) is 2.95. The summed E-state index contributed by atoms with van der Waals surface area (Å²) in [5.41, 5.74) is 3.50. The van der Waals surface area contributed by atoms with Crippen molar-refractivity contribution < 1.29 is 10.1 Å². The second-order valence-corrected chi connectivity index (χ2v) is 8.52. The zero-order valence-electron chi connectivity index (χ0n) is 11.6. The van der Waals surface area contributed by atoms with Crippen LogP contribution in [0.5, 0.6) is 5.75 Å². The summed E-state index contributed by atoms with van der Waals surface area (Å²) in [5.74, 6) is 0.970. The Balaban J connectivity index is 1.86. The first-order valence-electron chi connectivity index (χ1n) is 6.76. The summed E-state index contributed by atoms with van der Waals surface area (Å²) in [6.45, 7) is 2.47. The average molecular weight is 463 g/mol. The second-order valence-electron chi connectivity index (χ2n) is 4.78. The molecule has 0 saturated heterocycles. The fourth-order valence-corrected chi connectivity index (χ4v) is 4.09. The van der Waals surface area contributed by atoms with Crippen LogP contribution in [-0.2, 0) is 6.54 Å². The van der Waals surface area contributed by atoms with E-state index in [4.69, 9.17) is 4.74 Å². The maximum atomic E-state index is 5.74. The van der Waals surface area contributed by atoms with Crippen molar-refractivity contribution in [1.29, 1.82) is 0 Å². The third-order valence-electron chi connectivity index (χ3n) is 3.49. The maximum absolute atomic E-state index is 5.74. The van der Waals surface area contributed by atoms with Crippen LogP contribution in [0, 0.1) is 0 Å². The normalized spacial score (nSPS) is 13.6. The molecule has 1 aliphatic heterocycles. The van der Waals surface area contributed by atoms with E-state index < -0.39 is 24.0 Å². The van der Waals surface area contributed by atoms with E-state index in [0.717, 1.165) is 31.1 Å². The van der Waals surface area contributed by atoms with Crippen molar-refractivity contribution in [2.24, 2.45) is 0 Å². The minimum absolute atomic E-state index is 0.733. The number of anilines is 1. The quantitative estimate of drug-likeness (QED) is 0.514. The fraction of sp³-hybridized carbons (Fsp3) is 0.286. The number of aromatic nitrogens is 2. The van der Waals surface area contributed by atoms with Crippen molar-refractivity contribution in [1.82, 2.24) is 7.36 Å². The fourth-order valence-electron chi connectivity index (χ4n) is 2.39. The van der Waals surface area contributed by atoms with Crippen LogP contribution in [-0.4, -0.2) is 55.7 Å². The van der Waals surface area contributed by atoms with Gasteiger partial charge in [0.1, 0.15) is 0 Å². The molecular weight excluding hydrogens is 445 g/mol. The van der Waals surface area contributed by atoms with Crippen LogP contribution in [0.1, 0.15) is 5.69 Å². The van der Waals surface area contributed by atoms with Gasteiger partial charge in [-0.05, 0) is 0 Å². The molecular formula is C14H18N4OTl+. The molecule has 0 amide bonds. The van der Waals surface area contributed by atoms with E-state index in [9.17, 15) is 0 Å². The molecule has 1 aromatic heterocycles. The van der Waals surface area contributed by atoms with Gasteiger partial charge in [-0.15, -0.1) is 0 Å². The minimum atomic E-state index is -1.01. The molecule has 0 atom stereocenters. The Morgan fingerprint density at radius 1 is 1.50 bits per heavy atom. The van der Waals surface area contributed by atoms with Gasteiger partial charge in [-0.3, -0.25) is 0 Å². The van der Waals surface area contributed by atoms with E-state index >= 15 is 0 Å². The summed E-state index contributed by atoms with van der Waals surface area (Å²) in [7, 11) is 2.05. The Labute approximate surface area is 130 Å². The van der Waals surface area contributed by atoms with Gasteiger partial charge >= 0.3 is 131 Å². The summed E-state index contributed by atoms with van der Waals surface area (Å²) in [6.07, 6.45) is 4.07. The molecule has 0 unspecified atom stereocenters. The molecule has 1 aromatic carbocycles. The van der Waals surface area contributed by atoms with Gasteiger partial charge in [-0.25, -0.2) is 0 Å². The first kappa shape index (κ1) is 13.8. The van der Waals surface area contributed by atoms with Crippen molar-refractivity contribution in [3.05, 3.63) is 36.4 Å². The Bertz CT molecular complexity index is 625. The number of quaternary nitrogens is 1. The van der Waals surface area contributed by atoms with Crippen LogP contribution in [0.15, 0.2) is 30.7 Å². The zero-order valence-corrected chi connectivity index (χ0v) is 16.1. The molecule has 102 valence electrons. The van der Waals surface area contributed by atoms with Crippen LogP contribution >= 0.6 is 0 Å². The van der Waals surface area contributed by atoms with Crippen molar-refractivity contribution in [3.8, 4) is 5.75 Å². The van der Waals surface area contributed by atoms with E-state index in [1.165, 1.54) is 11.4 Å². The zero-order chi connectivity index (χ0) is 13.9. The summed E-state index contributed by atoms with van der Waals surface area (Å²) in [5, 5.41) is 2.11. The first-order chi connectivity index (χ1) is 9.80. The molecule has 20 heavy (non-hydrogen) atoms. The Morgan fingerprint density at radius 2 is 2.40 bits per heavy atom. The molecule has 0 bridgehead atoms. The Morgan fingerprint density at radius 3 is 3.15 bits per heavy atom. The number of imidazole rings is 1. The van der Waals surface area contributed by atoms with Gasteiger partial charge < -0.3 is 0 Å². The van der Waals surface area contributed by atoms with Crippen LogP contribution in [0.25, 0.3) is 0 Å². The number of ether oxygens (including phenoxy) is 1. The van der Waals surface area contributed by atoms with Crippen LogP contribution in [0.4, 0.5) is 11.4 Å². The first-order valence-corrected chi connectivity index (χ1v) is 11.9. The number of benzene rings is 1. The predicted octanol–water partition coefficient (Wildman–Crippen LogP) is 0.00610. The van der Waals surface area contributed by atoms with Gasteiger partial charge in [0.25, 0.3) is 0 Å². The van der Waals surface area contributed by atoms with E-state index in [-0.39, 0.29) is 0 Å². The van der Waals surface area contributed by atoms with E-state index in [1.807, 2.05) is 6.33 Å². The second kappa shape index (κ2) is 6.05. The molecule has 6 heteroatoms. The van der Waals surface area contributed by atoms with Crippen LogP contribution < -0.4 is 15.0 Å².